The molecule has 0 amide bonds. The van der Waals surface area contributed by atoms with Crippen molar-refractivity contribution in [3.05, 3.63) is 57.9 Å². The SMILES string of the molecule is CC1=C(C(=O)OC[C@@H]2CCCO2)[C@@H](c2ccc(C(F)(F)F)cc2)C2=C(CC(C)(C)CC2=O)N1. The molecule has 0 bridgehead atoms. The molecule has 0 aromatic heterocycles. The van der Waals surface area contributed by atoms with Crippen LogP contribution in [-0.2, 0) is 25.2 Å². The fraction of sp³-hybridized carbons (Fsp3) is 0.520. The summed E-state index contributed by atoms with van der Waals surface area (Å²) in [6.07, 6.45) is -2.04. The third-order valence-corrected chi connectivity index (χ3v) is 6.46. The lowest BCUT2D eigenvalue weighted by Gasteiger charge is -2.39. The Morgan fingerprint density at radius 2 is 1.91 bits per heavy atom. The standard InChI is InChI=1S/C25H28F3NO4/c1-14-20(23(31)33-13-17-5-4-10-32-17)21(15-6-8-16(9-7-15)25(26,27)28)22-18(29-14)11-24(2,3)12-19(22)30/h6-9,17,21,29H,4-5,10-13H2,1-3H3/t17-,21+/m0/s1. The molecule has 0 spiro atoms. The molecule has 3 aliphatic rings. The smallest absolute Gasteiger partial charge is 0.416 e. The van der Waals surface area contributed by atoms with Gasteiger partial charge in [0, 0.05) is 35.9 Å². The molecule has 5 nitrogen and oxygen atoms in total. The predicted octanol–water partition coefficient (Wildman–Crippen LogP) is 5.03. The third-order valence-electron chi connectivity index (χ3n) is 6.46. The second kappa shape index (κ2) is 8.63. The van der Waals surface area contributed by atoms with Gasteiger partial charge in [0.1, 0.15) is 6.61 Å². The summed E-state index contributed by atoms with van der Waals surface area (Å²) in [6.45, 7) is 6.44. The molecule has 2 atom stereocenters. The number of benzene rings is 1. The van der Waals surface area contributed by atoms with Crippen LogP contribution >= 0.6 is 0 Å². The highest BCUT2D eigenvalue weighted by molar-refractivity contribution is 6.04. The number of allylic oxidation sites excluding steroid dienone is 3. The van der Waals surface area contributed by atoms with Crippen molar-refractivity contribution >= 4 is 11.8 Å². The first-order valence-electron chi connectivity index (χ1n) is 11.2. The van der Waals surface area contributed by atoms with Gasteiger partial charge in [0.15, 0.2) is 5.78 Å². The molecular formula is C25H28F3NO4. The molecule has 1 saturated heterocycles. The molecule has 1 aromatic rings. The molecule has 0 saturated carbocycles. The van der Waals surface area contributed by atoms with Crippen LogP contribution in [0, 0.1) is 5.41 Å². The zero-order valence-electron chi connectivity index (χ0n) is 19.0. The van der Waals surface area contributed by atoms with Crippen LogP contribution in [0.5, 0.6) is 0 Å². The number of nitrogens with one attached hydrogen (secondary N) is 1. The van der Waals surface area contributed by atoms with Crippen molar-refractivity contribution in [3.63, 3.8) is 0 Å². The number of ketones is 1. The fourth-order valence-electron chi connectivity index (χ4n) is 4.93. The van der Waals surface area contributed by atoms with Crippen molar-refractivity contribution in [2.75, 3.05) is 13.2 Å². The van der Waals surface area contributed by atoms with Crippen molar-refractivity contribution in [1.29, 1.82) is 0 Å². The summed E-state index contributed by atoms with van der Waals surface area (Å²) in [6, 6.07) is 4.66. The largest absolute Gasteiger partial charge is 0.459 e. The fourth-order valence-corrected chi connectivity index (χ4v) is 4.93. The number of alkyl halides is 3. The van der Waals surface area contributed by atoms with Crippen LogP contribution in [0.15, 0.2) is 46.8 Å². The van der Waals surface area contributed by atoms with Gasteiger partial charge >= 0.3 is 12.1 Å². The zero-order chi connectivity index (χ0) is 24.0. The van der Waals surface area contributed by atoms with E-state index in [4.69, 9.17) is 9.47 Å². The average Bonchev–Trinajstić information content (AvgIpc) is 3.23. The second-order valence-electron chi connectivity index (χ2n) is 9.78. The highest BCUT2D eigenvalue weighted by Crippen LogP contribution is 2.47. The van der Waals surface area contributed by atoms with Crippen LogP contribution in [0.4, 0.5) is 13.2 Å². The Morgan fingerprint density at radius 1 is 1.21 bits per heavy atom. The summed E-state index contributed by atoms with van der Waals surface area (Å²) in [5, 5.41) is 3.22. The number of hydrogen-bond donors (Lipinski definition) is 1. The number of carbonyl (C=O) groups excluding carboxylic acids is 2. The minimum atomic E-state index is -4.48. The molecule has 1 aliphatic carbocycles. The van der Waals surface area contributed by atoms with Gasteiger partial charge in [-0.3, -0.25) is 4.79 Å². The Kier molecular flexibility index (Phi) is 6.16. The molecule has 1 aromatic carbocycles. The molecule has 0 unspecified atom stereocenters. The minimum Gasteiger partial charge on any atom is -0.459 e. The van der Waals surface area contributed by atoms with E-state index in [-0.39, 0.29) is 29.5 Å². The summed E-state index contributed by atoms with van der Waals surface area (Å²) in [4.78, 5) is 26.4. The number of hydrogen-bond acceptors (Lipinski definition) is 5. The normalized spacial score (nSPS) is 25.1. The molecule has 0 radical (unpaired) electrons. The van der Waals surface area contributed by atoms with E-state index in [0.29, 0.717) is 42.0 Å². The van der Waals surface area contributed by atoms with Crippen molar-refractivity contribution < 1.29 is 32.2 Å². The molecule has 2 aliphatic heterocycles. The van der Waals surface area contributed by atoms with E-state index < -0.39 is 23.6 Å². The van der Waals surface area contributed by atoms with Crippen LogP contribution in [0.25, 0.3) is 0 Å². The van der Waals surface area contributed by atoms with Gasteiger partial charge in [-0.25, -0.2) is 4.79 Å². The maximum absolute atomic E-state index is 13.2. The van der Waals surface area contributed by atoms with Crippen LogP contribution in [-0.4, -0.2) is 31.1 Å². The van der Waals surface area contributed by atoms with Gasteiger partial charge in [0.05, 0.1) is 17.2 Å². The summed E-state index contributed by atoms with van der Waals surface area (Å²) < 4.78 is 50.4. The molecule has 178 valence electrons. The number of carbonyl (C=O) groups is 2. The first kappa shape index (κ1) is 23.5. The van der Waals surface area contributed by atoms with E-state index in [1.54, 1.807) is 6.92 Å². The van der Waals surface area contributed by atoms with Gasteiger partial charge in [0.2, 0.25) is 0 Å². The van der Waals surface area contributed by atoms with Crippen LogP contribution < -0.4 is 5.32 Å². The summed E-state index contributed by atoms with van der Waals surface area (Å²) >= 11 is 0. The highest BCUT2D eigenvalue weighted by atomic mass is 19.4. The second-order valence-corrected chi connectivity index (χ2v) is 9.78. The lowest BCUT2D eigenvalue weighted by atomic mass is 9.68. The topological polar surface area (TPSA) is 64.6 Å². The first-order valence-corrected chi connectivity index (χ1v) is 11.2. The van der Waals surface area contributed by atoms with E-state index in [1.165, 1.54) is 12.1 Å². The van der Waals surface area contributed by atoms with Crippen molar-refractivity contribution in [2.24, 2.45) is 5.41 Å². The minimum absolute atomic E-state index is 0.0994. The van der Waals surface area contributed by atoms with Crippen molar-refractivity contribution in [1.82, 2.24) is 5.32 Å². The third kappa shape index (κ3) is 4.86. The molecule has 8 heteroatoms. The molecule has 1 N–H and O–H groups in total. The molecule has 4 rings (SSSR count). The Labute approximate surface area is 191 Å². The van der Waals surface area contributed by atoms with E-state index >= 15 is 0 Å². The van der Waals surface area contributed by atoms with Gasteiger partial charge in [-0.15, -0.1) is 0 Å². The van der Waals surface area contributed by atoms with E-state index in [0.717, 1.165) is 25.0 Å². The number of ether oxygens (including phenoxy) is 2. The Balaban J connectivity index is 1.73. The first-order chi connectivity index (χ1) is 15.5. The quantitative estimate of drug-likeness (QED) is 0.635. The molecule has 2 heterocycles. The lowest BCUT2D eigenvalue weighted by Crippen LogP contribution is -2.39. The Hall–Kier alpha value is -2.61. The van der Waals surface area contributed by atoms with Crippen LogP contribution in [0.3, 0.4) is 0 Å². The number of halogens is 3. The van der Waals surface area contributed by atoms with Gasteiger partial charge in [0.25, 0.3) is 0 Å². The van der Waals surface area contributed by atoms with Crippen molar-refractivity contribution in [2.45, 2.75) is 64.7 Å². The van der Waals surface area contributed by atoms with Gasteiger partial charge in [-0.05, 0) is 49.3 Å². The number of Topliss-reactive ketones (excluding diaryl/α,β-unsaturated/α-hetero) is 1. The van der Waals surface area contributed by atoms with E-state index in [2.05, 4.69) is 5.32 Å². The van der Waals surface area contributed by atoms with E-state index in [9.17, 15) is 22.8 Å². The monoisotopic (exact) mass is 463 g/mol. The van der Waals surface area contributed by atoms with Crippen LogP contribution in [0.2, 0.25) is 0 Å². The average molecular weight is 463 g/mol. The van der Waals surface area contributed by atoms with Gasteiger partial charge in [-0.2, -0.15) is 13.2 Å². The maximum Gasteiger partial charge on any atom is 0.416 e. The lowest BCUT2D eigenvalue weighted by molar-refractivity contribution is -0.142. The van der Waals surface area contributed by atoms with Gasteiger partial charge < -0.3 is 14.8 Å². The number of rotatable bonds is 4. The Morgan fingerprint density at radius 3 is 2.52 bits per heavy atom. The Bertz CT molecular complexity index is 1020. The maximum atomic E-state index is 13.2. The molecule has 33 heavy (non-hydrogen) atoms. The predicted molar refractivity (Wildman–Crippen MR) is 115 cm³/mol. The van der Waals surface area contributed by atoms with E-state index in [1.807, 2.05) is 13.8 Å². The number of esters is 1. The van der Waals surface area contributed by atoms with Crippen LogP contribution in [0.1, 0.15) is 63.5 Å². The summed E-state index contributed by atoms with van der Waals surface area (Å²) in [7, 11) is 0. The van der Waals surface area contributed by atoms with Gasteiger partial charge in [-0.1, -0.05) is 26.0 Å². The number of dihydropyridines is 1. The van der Waals surface area contributed by atoms with Crippen molar-refractivity contribution in [3.8, 4) is 0 Å². The molecular weight excluding hydrogens is 435 g/mol. The zero-order valence-corrected chi connectivity index (χ0v) is 19.0. The summed E-state index contributed by atoms with van der Waals surface area (Å²) in [5.74, 6) is -1.50. The molecule has 1 fully saturated rings. The summed E-state index contributed by atoms with van der Waals surface area (Å²) in [5.41, 5.74) is 1.35. The highest BCUT2D eigenvalue weighted by Gasteiger charge is 2.43.